The molecule has 31 heavy (non-hydrogen) atoms. The average molecular weight is 436 g/mol. The van der Waals surface area contributed by atoms with Crippen molar-refractivity contribution in [3.63, 3.8) is 0 Å². The zero-order chi connectivity index (χ0) is 22.5. The molecule has 0 bridgehead atoms. The zero-order valence-electron chi connectivity index (χ0n) is 17.7. The number of aromatic carboxylic acids is 1. The quantitative estimate of drug-likeness (QED) is 0.343. The van der Waals surface area contributed by atoms with Crippen molar-refractivity contribution in [1.82, 2.24) is 0 Å². The van der Waals surface area contributed by atoms with Gasteiger partial charge >= 0.3 is 5.97 Å². The molecule has 0 heterocycles. The van der Waals surface area contributed by atoms with Crippen LogP contribution in [-0.4, -0.2) is 11.1 Å². The predicted molar refractivity (Wildman–Crippen MR) is 112 cm³/mol. The molecule has 2 aromatic rings. The molecule has 168 valence electrons. The maximum atomic E-state index is 15.1. The first kappa shape index (κ1) is 23.3. The predicted octanol–water partition coefficient (Wildman–Crippen LogP) is 7.54. The Morgan fingerprint density at radius 3 is 2.06 bits per heavy atom. The number of carboxylic acid groups (broad SMARTS) is 1. The highest BCUT2D eigenvalue weighted by molar-refractivity contribution is 5.89. The molecule has 6 heteroatoms. The molecular formula is C25H28F4O2. The van der Waals surface area contributed by atoms with Gasteiger partial charge in [-0.3, -0.25) is 0 Å². The summed E-state index contributed by atoms with van der Waals surface area (Å²) in [6.45, 7) is 2.18. The zero-order valence-corrected chi connectivity index (χ0v) is 17.7. The second-order valence-corrected chi connectivity index (χ2v) is 8.58. The monoisotopic (exact) mass is 436 g/mol. The lowest BCUT2D eigenvalue weighted by Gasteiger charge is -2.28. The van der Waals surface area contributed by atoms with Crippen molar-refractivity contribution in [3.05, 3.63) is 58.7 Å². The Labute approximate surface area is 180 Å². The summed E-state index contributed by atoms with van der Waals surface area (Å²) in [6.07, 6.45) is 8.96. The Bertz CT molecular complexity index is 910. The summed E-state index contributed by atoms with van der Waals surface area (Å²) >= 11 is 0. The molecule has 0 radical (unpaired) electrons. The minimum Gasteiger partial charge on any atom is -0.478 e. The summed E-state index contributed by atoms with van der Waals surface area (Å²) in [7, 11) is 0. The molecule has 1 saturated carbocycles. The van der Waals surface area contributed by atoms with Crippen molar-refractivity contribution in [3.8, 4) is 11.1 Å². The van der Waals surface area contributed by atoms with Crippen molar-refractivity contribution in [1.29, 1.82) is 0 Å². The van der Waals surface area contributed by atoms with Gasteiger partial charge in [-0.15, -0.1) is 0 Å². The molecule has 2 nitrogen and oxygen atoms in total. The highest BCUT2D eigenvalue weighted by Gasteiger charge is 2.24. The largest absolute Gasteiger partial charge is 0.478 e. The first-order chi connectivity index (χ1) is 14.8. The van der Waals surface area contributed by atoms with E-state index in [1.165, 1.54) is 25.3 Å². The number of rotatable bonds is 8. The van der Waals surface area contributed by atoms with E-state index in [1.807, 2.05) is 0 Å². The van der Waals surface area contributed by atoms with Crippen molar-refractivity contribution in [2.75, 3.05) is 0 Å². The molecule has 3 rings (SSSR count). The molecule has 0 unspecified atom stereocenters. The van der Waals surface area contributed by atoms with Crippen LogP contribution in [0.15, 0.2) is 24.3 Å². The molecule has 1 fully saturated rings. The van der Waals surface area contributed by atoms with E-state index in [0.29, 0.717) is 12.3 Å². The first-order valence-corrected chi connectivity index (χ1v) is 11.0. The summed E-state index contributed by atoms with van der Waals surface area (Å²) in [5.74, 6) is -5.48. The Hall–Kier alpha value is -2.37. The van der Waals surface area contributed by atoms with Gasteiger partial charge in [0.1, 0.15) is 5.82 Å². The van der Waals surface area contributed by atoms with E-state index < -0.39 is 34.8 Å². The second-order valence-electron chi connectivity index (χ2n) is 8.58. The van der Waals surface area contributed by atoms with Gasteiger partial charge in [-0.05, 0) is 59.6 Å². The van der Waals surface area contributed by atoms with Crippen LogP contribution in [0.2, 0.25) is 0 Å². The fraction of sp³-hybridized carbons (Fsp3) is 0.480. The van der Waals surface area contributed by atoms with Crippen molar-refractivity contribution < 1.29 is 27.5 Å². The molecule has 0 aromatic heterocycles. The second kappa shape index (κ2) is 10.3. The standard InChI is InChI=1S/C25H28F4O2/c1-2-3-4-15-5-7-16(8-6-15)9-10-19-18(11-12-20(23(19)28)25(30)31)17-13-21(26)24(29)22(27)14-17/h11-16H,2-10H2,1H3,(H,30,31). The molecule has 0 aliphatic heterocycles. The molecule has 0 saturated heterocycles. The third-order valence-electron chi connectivity index (χ3n) is 6.50. The molecule has 2 aromatic carbocycles. The van der Waals surface area contributed by atoms with Gasteiger partial charge in [0.15, 0.2) is 17.5 Å². The first-order valence-electron chi connectivity index (χ1n) is 11.0. The van der Waals surface area contributed by atoms with E-state index in [9.17, 15) is 23.1 Å². The van der Waals surface area contributed by atoms with Crippen LogP contribution in [-0.2, 0) is 6.42 Å². The minimum atomic E-state index is -1.59. The number of carboxylic acids is 1. The molecule has 0 spiro atoms. The van der Waals surface area contributed by atoms with E-state index in [2.05, 4.69) is 6.92 Å². The van der Waals surface area contributed by atoms with Gasteiger partial charge in [-0.1, -0.05) is 57.9 Å². The van der Waals surface area contributed by atoms with E-state index in [-0.39, 0.29) is 23.1 Å². The van der Waals surface area contributed by atoms with Crippen LogP contribution in [0.1, 0.15) is 74.2 Å². The summed E-state index contributed by atoms with van der Waals surface area (Å²) in [5.41, 5.74) is -0.189. The van der Waals surface area contributed by atoms with Crippen LogP contribution in [0, 0.1) is 35.1 Å². The van der Waals surface area contributed by atoms with Gasteiger partial charge in [-0.25, -0.2) is 22.4 Å². The molecular weight excluding hydrogens is 408 g/mol. The maximum absolute atomic E-state index is 15.1. The van der Waals surface area contributed by atoms with Crippen LogP contribution in [0.5, 0.6) is 0 Å². The summed E-state index contributed by atoms with van der Waals surface area (Å²) in [4.78, 5) is 11.4. The number of hydrogen-bond donors (Lipinski definition) is 1. The molecule has 1 aliphatic rings. The average Bonchev–Trinajstić information content (AvgIpc) is 2.75. The highest BCUT2D eigenvalue weighted by Crippen LogP contribution is 2.36. The maximum Gasteiger partial charge on any atom is 0.338 e. The number of halogens is 4. The third kappa shape index (κ3) is 5.46. The number of unbranched alkanes of at least 4 members (excludes halogenated alkanes) is 1. The van der Waals surface area contributed by atoms with Gasteiger partial charge in [0.2, 0.25) is 0 Å². The Kier molecular flexibility index (Phi) is 7.74. The lowest BCUT2D eigenvalue weighted by molar-refractivity contribution is 0.0691. The van der Waals surface area contributed by atoms with E-state index in [4.69, 9.17) is 0 Å². The van der Waals surface area contributed by atoms with E-state index in [0.717, 1.165) is 49.8 Å². The van der Waals surface area contributed by atoms with Crippen LogP contribution >= 0.6 is 0 Å². The van der Waals surface area contributed by atoms with Crippen molar-refractivity contribution in [2.24, 2.45) is 11.8 Å². The molecule has 0 amide bonds. The van der Waals surface area contributed by atoms with Crippen LogP contribution < -0.4 is 0 Å². The number of hydrogen-bond acceptors (Lipinski definition) is 1. The number of carbonyl (C=O) groups is 1. The van der Waals surface area contributed by atoms with E-state index >= 15 is 4.39 Å². The normalized spacial score (nSPS) is 18.9. The lowest BCUT2D eigenvalue weighted by Crippen LogP contribution is -2.16. The lowest BCUT2D eigenvalue weighted by atomic mass is 9.77. The Balaban J connectivity index is 1.83. The van der Waals surface area contributed by atoms with Gasteiger partial charge in [0, 0.05) is 0 Å². The molecule has 0 atom stereocenters. The fourth-order valence-corrected chi connectivity index (χ4v) is 4.66. The van der Waals surface area contributed by atoms with Gasteiger partial charge in [0.25, 0.3) is 0 Å². The van der Waals surface area contributed by atoms with Gasteiger partial charge < -0.3 is 5.11 Å². The number of benzene rings is 2. The smallest absolute Gasteiger partial charge is 0.338 e. The van der Waals surface area contributed by atoms with Gasteiger partial charge in [-0.2, -0.15) is 0 Å². The van der Waals surface area contributed by atoms with Crippen LogP contribution in [0.4, 0.5) is 17.6 Å². The van der Waals surface area contributed by atoms with Crippen molar-refractivity contribution in [2.45, 2.75) is 64.7 Å². The Morgan fingerprint density at radius 2 is 1.52 bits per heavy atom. The Morgan fingerprint density at radius 1 is 0.935 bits per heavy atom. The van der Waals surface area contributed by atoms with E-state index in [1.54, 1.807) is 0 Å². The SMILES string of the molecule is CCCCC1CCC(CCc2c(-c3cc(F)c(F)c(F)c3)ccc(C(=O)O)c2F)CC1. The van der Waals surface area contributed by atoms with Crippen LogP contribution in [0.25, 0.3) is 11.1 Å². The van der Waals surface area contributed by atoms with Crippen LogP contribution in [0.3, 0.4) is 0 Å². The third-order valence-corrected chi connectivity index (χ3v) is 6.50. The minimum absolute atomic E-state index is 0.00878. The topological polar surface area (TPSA) is 37.3 Å². The fourth-order valence-electron chi connectivity index (χ4n) is 4.66. The highest BCUT2D eigenvalue weighted by atomic mass is 19.2. The molecule has 1 aliphatic carbocycles. The summed E-state index contributed by atoms with van der Waals surface area (Å²) in [6, 6.07) is 4.05. The summed E-state index contributed by atoms with van der Waals surface area (Å²) < 4.78 is 56.0. The van der Waals surface area contributed by atoms with Crippen molar-refractivity contribution >= 4 is 5.97 Å². The molecule has 1 N–H and O–H groups in total. The van der Waals surface area contributed by atoms with Gasteiger partial charge in [0.05, 0.1) is 5.56 Å². The summed E-state index contributed by atoms with van der Waals surface area (Å²) in [5, 5.41) is 9.28.